The van der Waals surface area contributed by atoms with Crippen LogP contribution >= 0.6 is 0 Å². The van der Waals surface area contributed by atoms with E-state index in [4.69, 9.17) is 9.47 Å². The maximum atomic E-state index is 9.41. The lowest BCUT2D eigenvalue weighted by atomic mass is 10.1. The molecule has 2 aliphatic rings. The molecule has 0 amide bonds. The van der Waals surface area contributed by atoms with Crippen LogP contribution in [0, 0.1) is 0 Å². The van der Waals surface area contributed by atoms with E-state index in [-0.39, 0.29) is 6.61 Å². The smallest absolute Gasteiger partial charge is 0.161 e. The molecule has 0 bridgehead atoms. The highest BCUT2D eigenvalue weighted by molar-refractivity contribution is 5.43. The molecule has 0 aromatic heterocycles. The Morgan fingerprint density at radius 2 is 1.82 bits per heavy atom. The summed E-state index contributed by atoms with van der Waals surface area (Å²) in [5, 5.41) is 9.41. The average Bonchev–Trinajstić information content (AvgIpc) is 2.57. The van der Waals surface area contributed by atoms with Crippen LogP contribution in [-0.2, 0) is 6.54 Å². The molecule has 22 heavy (non-hydrogen) atoms. The van der Waals surface area contributed by atoms with Gasteiger partial charge in [0.15, 0.2) is 11.5 Å². The molecule has 0 aliphatic carbocycles. The number of aliphatic hydroxyl groups is 1. The van der Waals surface area contributed by atoms with Gasteiger partial charge in [0.05, 0.1) is 6.61 Å². The Kier molecular flexibility index (Phi) is 5.18. The minimum Gasteiger partial charge on any atom is -0.486 e. The highest BCUT2D eigenvalue weighted by Gasteiger charge is 2.22. The van der Waals surface area contributed by atoms with Crippen LogP contribution in [0.3, 0.4) is 0 Å². The van der Waals surface area contributed by atoms with E-state index in [9.17, 15) is 5.11 Å². The van der Waals surface area contributed by atoms with Crippen molar-refractivity contribution in [1.29, 1.82) is 0 Å². The van der Waals surface area contributed by atoms with Crippen LogP contribution in [-0.4, -0.2) is 66.9 Å². The number of hydrogen-bond acceptors (Lipinski definition) is 5. The maximum Gasteiger partial charge on any atom is 0.161 e. The van der Waals surface area contributed by atoms with Crippen molar-refractivity contribution in [3.05, 3.63) is 23.8 Å². The number of piperazine rings is 1. The third-order valence-electron chi connectivity index (χ3n) is 4.62. The number of ether oxygens (including phenoxy) is 2. The van der Waals surface area contributed by atoms with Crippen LogP contribution in [0.5, 0.6) is 11.5 Å². The van der Waals surface area contributed by atoms with Gasteiger partial charge in [-0.2, -0.15) is 0 Å². The third kappa shape index (κ3) is 3.54. The summed E-state index contributed by atoms with van der Waals surface area (Å²) in [6.45, 7) is 8.77. The molecule has 122 valence electrons. The summed E-state index contributed by atoms with van der Waals surface area (Å²) in [7, 11) is 0. The fourth-order valence-electron chi connectivity index (χ4n) is 3.23. The Balaban J connectivity index is 1.54. The number of rotatable bonds is 5. The van der Waals surface area contributed by atoms with E-state index in [1.807, 2.05) is 6.07 Å². The highest BCUT2D eigenvalue weighted by Crippen LogP contribution is 2.31. The normalized spacial score (nSPS) is 20.8. The summed E-state index contributed by atoms with van der Waals surface area (Å²) in [6.07, 6.45) is 1.01. The van der Waals surface area contributed by atoms with E-state index < -0.39 is 0 Å². The quantitative estimate of drug-likeness (QED) is 0.889. The van der Waals surface area contributed by atoms with Crippen LogP contribution in [0.4, 0.5) is 0 Å². The standard InChI is InChI=1S/C17H26N2O3/c1-2-15(13-20)19-7-5-18(6-8-19)12-14-3-4-16-17(11-14)22-10-9-21-16/h3-4,11,15,20H,2,5-10,12-13H2,1H3. The zero-order valence-electron chi connectivity index (χ0n) is 13.3. The zero-order valence-corrected chi connectivity index (χ0v) is 13.3. The summed E-state index contributed by atoms with van der Waals surface area (Å²) in [4.78, 5) is 4.87. The van der Waals surface area contributed by atoms with Gasteiger partial charge in [0.1, 0.15) is 13.2 Å². The lowest BCUT2D eigenvalue weighted by Crippen LogP contribution is -2.50. The first-order valence-electron chi connectivity index (χ1n) is 8.26. The first-order chi connectivity index (χ1) is 10.8. The third-order valence-corrected chi connectivity index (χ3v) is 4.62. The van der Waals surface area contributed by atoms with Gasteiger partial charge in [0, 0.05) is 38.8 Å². The van der Waals surface area contributed by atoms with Crippen molar-refractivity contribution in [2.24, 2.45) is 0 Å². The van der Waals surface area contributed by atoms with E-state index in [1.165, 1.54) is 5.56 Å². The molecule has 1 aromatic carbocycles. The van der Waals surface area contributed by atoms with Crippen molar-refractivity contribution in [2.75, 3.05) is 46.0 Å². The Hall–Kier alpha value is -1.30. The van der Waals surface area contributed by atoms with Crippen molar-refractivity contribution in [3.8, 4) is 11.5 Å². The van der Waals surface area contributed by atoms with Crippen LogP contribution in [0.1, 0.15) is 18.9 Å². The summed E-state index contributed by atoms with van der Waals surface area (Å²) >= 11 is 0. The molecule has 1 aromatic rings. The van der Waals surface area contributed by atoms with Crippen molar-refractivity contribution in [1.82, 2.24) is 9.80 Å². The number of fused-ring (bicyclic) bond motifs is 1. The van der Waals surface area contributed by atoms with E-state index in [0.717, 1.165) is 50.6 Å². The topological polar surface area (TPSA) is 45.2 Å². The van der Waals surface area contributed by atoms with Gasteiger partial charge in [0.25, 0.3) is 0 Å². The summed E-state index contributed by atoms with van der Waals surface area (Å²) in [5.74, 6) is 1.72. The summed E-state index contributed by atoms with van der Waals surface area (Å²) < 4.78 is 11.2. The van der Waals surface area contributed by atoms with Gasteiger partial charge in [-0.3, -0.25) is 9.80 Å². The van der Waals surface area contributed by atoms with Crippen molar-refractivity contribution >= 4 is 0 Å². The van der Waals surface area contributed by atoms with Crippen LogP contribution in [0.25, 0.3) is 0 Å². The molecule has 0 radical (unpaired) electrons. The van der Waals surface area contributed by atoms with Gasteiger partial charge in [-0.1, -0.05) is 13.0 Å². The summed E-state index contributed by atoms with van der Waals surface area (Å²) in [6, 6.07) is 6.56. The second-order valence-electron chi connectivity index (χ2n) is 6.03. The fourth-order valence-corrected chi connectivity index (χ4v) is 3.23. The summed E-state index contributed by atoms with van der Waals surface area (Å²) in [5.41, 5.74) is 1.27. The molecule has 3 rings (SSSR count). The van der Waals surface area contributed by atoms with Gasteiger partial charge >= 0.3 is 0 Å². The first kappa shape index (κ1) is 15.6. The predicted octanol–water partition coefficient (Wildman–Crippen LogP) is 1.35. The largest absolute Gasteiger partial charge is 0.486 e. The molecule has 0 spiro atoms. The molecule has 5 heteroatoms. The van der Waals surface area contributed by atoms with Gasteiger partial charge in [-0.25, -0.2) is 0 Å². The van der Waals surface area contributed by atoms with Crippen molar-refractivity contribution < 1.29 is 14.6 Å². The van der Waals surface area contributed by atoms with Crippen molar-refractivity contribution in [2.45, 2.75) is 25.9 Å². The molecule has 2 heterocycles. The Morgan fingerprint density at radius 1 is 1.09 bits per heavy atom. The molecule has 0 saturated carbocycles. The molecule has 1 saturated heterocycles. The van der Waals surface area contributed by atoms with Crippen LogP contribution in [0.2, 0.25) is 0 Å². The molecule has 1 unspecified atom stereocenters. The number of hydrogen-bond donors (Lipinski definition) is 1. The number of benzene rings is 1. The monoisotopic (exact) mass is 306 g/mol. The molecular weight excluding hydrogens is 280 g/mol. The van der Waals surface area contributed by atoms with E-state index in [0.29, 0.717) is 19.3 Å². The SMILES string of the molecule is CCC(CO)N1CCN(Cc2ccc3c(c2)OCCO3)CC1. The first-order valence-corrected chi connectivity index (χ1v) is 8.26. The highest BCUT2D eigenvalue weighted by atomic mass is 16.6. The minimum absolute atomic E-state index is 0.263. The van der Waals surface area contributed by atoms with E-state index in [2.05, 4.69) is 28.9 Å². The van der Waals surface area contributed by atoms with Gasteiger partial charge in [0.2, 0.25) is 0 Å². The zero-order chi connectivity index (χ0) is 15.4. The molecule has 5 nitrogen and oxygen atoms in total. The second kappa shape index (κ2) is 7.31. The van der Waals surface area contributed by atoms with Crippen molar-refractivity contribution in [3.63, 3.8) is 0 Å². The Bertz CT molecular complexity index is 483. The number of aliphatic hydroxyl groups excluding tert-OH is 1. The lowest BCUT2D eigenvalue weighted by molar-refractivity contribution is 0.0607. The minimum atomic E-state index is 0.263. The molecule has 1 N–H and O–H groups in total. The molecular formula is C17H26N2O3. The lowest BCUT2D eigenvalue weighted by Gasteiger charge is -2.38. The van der Waals surface area contributed by atoms with Crippen LogP contribution < -0.4 is 9.47 Å². The number of nitrogens with zero attached hydrogens (tertiary/aromatic N) is 2. The van der Waals surface area contributed by atoms with Gasteiger partial charge < -0.3 is 14.6 Å². The molecule has 1 fully saturated rings. The van der Waals surface area contributed by atoms with E-state index in [1.54, 1.807) is 0 Å². The van der Waals surface area contributed by atoms with E-state index >= 15 is 0 Å². The predicted molar refractivity (Wildman–Crippen MR) is 85.4 cm³/mol. The van der Waals surface area contributed by atoms with Gasteiger partial charge in [-0.15, -0.1) is 0 Å². The van der Waals surface area contributed by atoms with Gasteiger partial charge in [-0.05, 0) is 24.1 Å². The van der Waals surface area contributed by atoms with Crippen LogP contribution in [0.15, 0.2) is 18.2 Å². The molecule has 1 atom stereocenters. The Labute approximate surface area is 132 Å². The molecule has 2 aliphatic heterocycles. The average molecular weight is 306 g/mol. The Morgan fingerprint density at radius 3 is 2.50 bits per heavy atom. The second-order valence-corrected chi connectivity index (χ2v) is 6.03. The fraction of sp³-hybridized carbons (Fsp3) is 0.647. The maximum absolute atomic E-state index is 9.41.